The number of ether oxygens (including phenoxy) is 1. The normalized spacial score (nSPS) is 19.0. The Morgan fingerprint density at radius 1 is 1.11 bits per heavy atom. The van der Waals surface area contributed by atoms with E-state index in [1.165, 1.54) is 19.3 Å². The van der Waals surface area contributed by atoms with Crippen LogP contribution in [0.4, 0.5) is 0 Å². The first-order valence-electron chi connectivity index (χ1n) is 10.5. The summed E-state index contributed by atoms with van der Waals surface area (Å²) >= 11 is 0. The molecular formula is C22H29N3O3. The van der Waals surface area contributed by atoms with Gasteiger partial charge in [-0.15, -0.1) is 0 Å². The zero-order chi connectivity index (χ0) is 19.3. The van der Waals surface area contributed by atoms with Crippen LogP contribution in [0.2, 0.25) is 0 Å². The minimum Gasteiger partial charge on any atom is -0.379 e. The molecule has 2 aromatic rings. The topological polar surface area (TPSA) is 63.6 Å². The standard InChI is InChI=1S/C22H29N3O3/c26-21-18-8-4-5-9-20(18)25(17-6-2-1-3-7-17)16-19(21)22(27)23-10-11-24-12-14-28-15-13-24/h4-5,8-9,16-17H,1-3,6-7,10-15H2,(H,23,27). The molecular weight excluding hydrogens is 354 g/mol. The summed E-state index contributed by atoms with van der Waals surface area (Å²) < 4.78 is 7.52. The largest absolute Gasteiger partial charge is 0.379 e. The molecule has 0 radical (unpaired) electrons. The second-order valence-electron chi connectivity index (χ2n) is 7.80. The van der Waals surface area contributed by atoms with Crippen LogP contribution in [-0.2, 0) is 4.74 Å². The summed E-state index contributed by atoms with van der Waals surface area (Å²) in [6, 6.07) is 8.02. The smallest absolute Gasteiger partial charge is 0.256 e. The van der Waals surface area contributed by atoms with Crippen molar-refractivity contribution >= 4 is 16.8 Å². The number of morpholine rings is 1. The molecule has 1 aliphatic heterocycles. The molecule has 2 heterocycles. The third-order valence-corrected chi connectivity index (χ3v) is 5.97. The highest BCUT2D eigenvalue weighted by Crippen LogP contribution is 2.30. The number of hydrogen-bond donors (Lipinski definition) is 1. The number of fused-ring (bicyclic) bond motifs is 1. The van der Waals surface area contributed by atoms with Gasteiger partial charge in [-0.2, -0.15) is 0 Å². The van der Waals surface area contributed by atoms with Gasteiger partial charge in [0.05, 0.1) is 18.7 Å². The molecule has 1 aromatic carbocycles. The van der Waals surface area contributed by atoms with E-state index in [4.69, 9.17) is 4.74 Å². The van der Waals surface area contributed by atoms with Crippen LogP contribution in [0.15, 0.2) is 35.3 Å². The van der Waals surface area contributed by atoms with Gasteiger partial charge < -0.3 is 14.6 Å². The van der Waals surface area contributed by atoms with E-state index in [1.54, 1.807) is 6.20 Å². The molecule has 0 atom stereocenters. The molecule has 1 N–H and O–H groups in total. The number of rotatable bonds is 5. The number of amides is 1. The molecule has 1 aliphatic carbocycles. The Balaban J connectivity index is 1.56. The first-order chi connectivity index (χ1) is 13.7. The van der Waals surface area contributed by atoms with E-state index in [0.29, 0.717) is 18.0 Å². The molecule has 4 rings (SSSR count). The van der Waals surface area contributed by atoms with Crippen molar-refractivity contribution in [3.8, 4) is 0 Å². The van der Waals surface area contributed by atoms with Crippen LogP contribution in [0.1, 0.15) is 48.5 Å². The van der Waals surface area contributed by atoms with Crippen LogP contribution in [0, 0.1) is 0 Å². The molecule has 0 bridgehead atoms. The lowest BCUT2D eigenvalue weighted by atomic mass is 9.94. The number of pyridine rings is 1. The lowest BCUT2D eigenvalue weighted by molar-refractivity contribution is 0.0383. The molecule has 6 nitrogen and oxygen atoms in total. The van der Waals surface area contributed by atoms with Gasteiger partial charge in [0.25, 0.3) is 5.91 Å². The Hall–Kier alpha value is -2.18. The van der Waals surface area contributed by atoms with Gasteiger partial charge in [0.15, 0.2) is 0 Å². The average Bonchev–Trinajstić information content (AvgIpc) is 2.75. The predicted octanol–water partition coefficient (Wildman–Crippen LogP) is 2.57. The highest BCUT2D eigenvalue weighted by atomic mass is 16.5. The average molecular weight is 383 g/mol. The van der Waals surface area contributed by atoms with Crippen molar-refractivity contribution < 1.29 is 9.53 Å². The summed E-state index contributed by atoms with van der Waals surface area (Å²) in [5.74, 6) is -0.270. The van der Waals surface area contributed by atoms with Crippen molar-refractivity contribution in [2.45, 2.75) is 38.1 Å². The lowest BCUT2D eigenvalue weighted by Crippen LogP contribution is -2.42. The molecule has 0 spiro atoms. The van der Waals surface area contributed by atoms with E-state index in [2.05, 4.69) is 14.8 Å². The minimum atomic E-state index is -0.270. The highest BCUT2D eigenvalue weighted by molar-refractivity contribution is 5.97. The van der Waals surface area contributed by atoms with Crippen molar-refractivity contribution in [1.82, 2.24) is 14.8 Å². The Morgan fingerprint density at radius 2 is 1.86 bits per heavy atom. The number of aromatic nitrogens is 1. The summed E-state index contributed by atoms with van der Waals surface area (Å²) in [5, 5.41) is 3.58. The maximum Gasteiger partial charge on any atom is 0.256 e. The fraction of sp³-hybridized carbons (Fsp3) is 0.545. The fourth-order valence-electron chi connectivity index (χ4n) is 4.37. The third kappa shape index (κ3) is 4.13. The number of para-hydroxylation sites is 1. The molecule has 2 aliphatic rings. The van der Waals surface area contributed by atoms with Gasteiger partial charge >= 0.3 is 0 Å². The van der Waals surface area contributed by atoms with E-state index in [9.17, 15) is 9.59 Å². The second-order valence-corrected chi connectivity index (χ2v) is 7.80. The lowest BCUT2D eigenvalue weighted by Gasteiger charge is -2.27. The van der Waals surface area contributed by atoms with Gasteiger partial charge in [-0.3, -0.25) is 14.5 Å². The minimum absolute atomic E-state index is 0.175. The first-order valence-corrected chi connectivity index (χ1v) is 10.5. The van der Waals surface area contributed by atoms with E-state index in [0.717, 1.165) is 51.2 Å². The zero-order valence-corrected chi connectivity index (χ0v) is 16.4. The number of hydrogen-bond acceptors (Lipinski definition) is 4. The summed E-state index contributed by atoms with van der Waals surface area (Å²) in [7, 11) is 0. The number of nitrogens with zero attached hydrogens (tertiary/aromatic N) is 2. The molecule has 0 unspecified atom stereocenters. The number of benzene rings is 1. The van der Waals surface area contributed by atoms with E-state index < -0.39 is 0 Å². The molecule has 2 fully saturated rings. The van der Waals surface area contributed by atoms with Crippen molar-refractivity contribution in [2.24, 2.45) is 0 Å². The van der Waals surface area contributed by atoms with Crippen molar-refractivity contribution in [3.05, 3.63) is 46.2 Å². The molecule has 28 heavy (non-hydrogen) atoms. The maximum absolute atomic E-state index is 13.0. The molecule has 6 heteroatoms. The van der Waals surface area contributed by atoms with Crippen molar-refractivity contribution in [2.75, 3.05) is 39.4 Å². The molecule has 1 aromatic heterocycles. The van der Waals surface area contributed by atoms with E-state index in [1.807, 2.05) is 24.3 Å². The number of carbonyl (C=O) groups is 1. The first kappa shape index (κ1) is 19.2. The van der Waals surface area contributed by atoms with Crippen LogP contribution in [0.5, 0.6) is 0 Å². The van der Waals surface area contributed by atoms with Gasteiger partial charge in [0, 0.05) is 43.8 Å². The maximum atomic E-state index is 13.0. The summed E-state index contributed by atoms with van der Waals surface area (Å²) in [6.07, 6.45) is 7.67. The molecule has 1 amide bonds. The van der Waals surface area contributed by atoms with Gasteiger partial charge in [-0.25, -0.2) is 0 Å². The predicted molar refractivity (Wildman–Crippen MR) is 110 cm³/mol. The Kier molecular flexibility index (Phi) is 6.07. The summed E-state index contributed by atoms with van der Waals surface area (Å²) in [5.41, 5.74) is 1.02. The Labute approximate surface area is 165 Å². The van der Waals surface area contributed by atoms with Crippen LogP contribution in [0.25, 0.3) is 10.9 Å². The quantitative estimate of drug-likeness (QED) is 0.862. The van der Waals surface area contributed by atoms with Gasteiger partial charge in [0.1, 0.15) is 5.56 Å². The monoisotopic (exact) mass is 383 g/mol. The van der Waals surface area contributed by atoms with E-state index in [-0.39, 0.29) is 16.9 Å². The number of carbonyl (C=O) groups excluding carboxylic acids is 1. The highest BCUT2D eigenvalue weighted by Gasteiger charge is 2.21. The SMILES string of the molecule is O=C(NCCN1CCOCC1)c1cn(C2CCCCC2)c2ccccc2c1=O. The van der Waals surface area contributed by atoms with Crippen LogP contribution in [0.3, 0.4) is 0 Å². The summed E-state index contributed by atoms with van der Waals surface area (Å²) in [6.45, 7) is 4.57. The van der Waals surface area contributed by atoms with Crippen LogP contribution in [-0.4, -0.2) is 54.8 Å². The van der Waals surface area contributed by atoms with Gasteiger partial charge in [-0.1, -0.05) is 31.4 Å². The third-order valence-electron chi connectivity index (χ3n) is 5.97. The van der Waals surface area contributed by atoms with Gasteiger partial charge in [-0.05, 0) is 25.0 Å². The Morgan fingerprint density at radius 3 is 2.64 bits per heavy atom. The fourth-order valence-corrected chi connectivity index (χ4v) is 4.37. The second kappa shape index (κ2) is 8.88. The van der Waals surface area contributed by atoms with Crippen LogP contribution < -0.4 is 10.7 Å². The van der Waals surface area contributed by atoms with Crippen LogP contribution >= 0.6 is 0 Å². The zero-order valence-electron chi connectivity index (χ0n) is 16.4. The summed E-state index contributed by atoms with van der Waals surface area (Å²) in [4.78, 5) is 28.1. The van der Waals surface area contributed by atoms with Crippen molar-refractivity contribution in [3.63, 3.8) is 0 Å². The molecule has 1 saturated heterocycles. The van der Waals surface area contributed by atoms with Crippen molar-refractivity contribution in [1.29, 1.82) is 0 Å². The van der Waals surface area contributed by atoms with Gasteiger partial charge in [0.2, 0.25) is 5.43 Å². The molecule has 1 saturated carbocycles. The van der Waals surface area contributed by atoms with E-state index >= 15 is 0 Å². The Bertz CT molecular complexity index is 880. The molecule has 150 valence electrons. The number of nitrogens with one attached hydrogen (secondary N) is 1.